The topological polar surface area (TPSA) is 3.24 Å². The zero-order valence-electron chi connectivity index (χ0n) is 9.63. The van der Waals surface area contributed by atoms with Gasteiger partial charge >= 0.3 is 0 Å². The first-order valence-electron chi connectivity index (χ1n) is 5.95. The molecule has 1 fully saturated rings. The van der Waals surface area contributed by atoms with Gasteiger partial charge in [0, 0.05) is 23.5 Å². The fourth-order valence-electron chi connectivity index (χ4n) is 2.33. The van der Waals surface area contributed by atoms with E-state index < -0.39 is 11.6 Å². The summed E-state index contributed by atoms with van der Waals surface area (Å²) in [5.74, 6) is -0.882. The third-order valence-electron chi connectivity index (χ3n) is 3.35. The molecule has 0 aromatic heterocycles. The Balaban J connectivity index is 2.13. The Labute approximate surface area is 109 Å². The van der Waals surface area contributed by atoms with E-state index in [9.17, 15) is 8.78 Å². The first-order valence-corrected chi connectivity index (χ1v) is 7.07. The lowest BCUT2D eigenvalue weighted by Gasteiger charge is -2.34. The monoisotopic (exact) mass is 303 g/mol. The van der Waals surface area contributed by atoms with E-state index in [4.69, 9.17) is 0 Å². The highest BCUT2D eigenvalue weighted by atomic mass is 79.9. The summed E-state index contributed by atoms with van der Waals surface area (Å²) < 4.78 is 27.1. The van der Waals surface area contributed by atoms with Crippen molar-refractivity contribution < 1.29 is 8.78 Å². The Bertz CT molecular complexity index is 363. The number of alkyl halides is 1. The number of piperidine rings is 1. The molecule has 1 aliphatic rings. The summed E-state index contributed by atoms with van der Waals surface area (Å²) in [5.41, 5.74) is 0.195. The van der Waals surface area contributed by atoms with Crippen molar-refractivity contribution in [2.75, 3.05) is 11.9 Å². The van der Waals surface area contributed by atoms with E-state index in [1.54, 1.807) is 0 Å². The number of nitrogens with zero attached hydrogens (tertiary/aromatic N) is 1. The molecule has 1 aliphatic heterocycles. The molecule has 0 amide bonds. The van der Waals surface area contributed by atoms with Crippen molar-refractivity contribution in [3.63, 3.8) is 0 Å². The third-order valence-corrected chi connectivity index (χ3v) is 4.10. The van der Waals surface area contributed by atoms with Crippen LogP contribution in [0.1, 0.15) is 24.8 Å². The quantitative estimate of drug-likeness (QED) is 0.769. The molecule has 0 aliphatic carbocycles. The van der Waals surface area contributed by atoms with Gasteiger partial charge in [0.2, 0.25) is 0 Å². The molecule has 1 heterocycles. The molecule has 0 bridgehead atoms. The Morgan fingerprint density at radius 2 is 1.94 bits per heavy atom. The summed E-state index contributed by atoms with van der Waals surface area (Å²) >= 11 is 3.47. The maximum Gasteiger partial charge on any atom is 0.130 e. The molecule has 0 saturated carbocycles. The van der Waals surface area contributed by atoms with E-state index in [-0.39, 0.29) is 5.56 Å². The molecule has 1 nitrogen and oxygen atoms in total. The number of halogens is 3. The molecule has 94 valence electrons. The highest BCUT2D eigenvalue weighted by Crippen LogP contribution is 2.23. The second-order valence-electron chi connectivity index (χ2n) is 4.47. The molecule has 0 radical (unpaired) electrons. The summed E-state index contributed by atoms with van der Waals surface area (Å²) in [6.45, 7) is 1.29. The Kier molecular flexibility index (Phi) is 4.51. The Morgan fingerprint density at radius 1 is 1.24 bits per heavy atom. The second kappa shape index (κ2) is 5.91. The van der Waals surface area contributed by atoms with E-state index in [0.29, 0.717) is 12.6 Å². The largest absolute Gasteiger partial charge is 0.295 e. The van der Waals surface area contributed by atoms with Gasteiger partial charge in [-0.05, 0) is 31.5 Å². The predicted octanol–water partition coefficient (Wildman–Crippen LogP) is 3.71. The maximum atomic E-state index is 13.6. The molecule has 1 aromatic carbocycles. The lowest BCUT2D eigenvalue weighted by molar-refractivity contribution is 0.153. The smallest absolute Gasteiger partial charge is 0.130 e. The summed E-state index contributed by atoms with van der Waals surface area (Å²) in [6, 6.07) is 4.45. The molecule has 2 rings (SSSR count). The van der Waals surface area contributed by atoms with Crippen LogP contribution in [-0.4, -0.2) is 22.8 Å². The van der Waals surface area contributed by atoms with Gasteiger partial charge in [0.05, 0.1) is 0 Å². The number of hydrogen-bond donors (Lipinski definition) is 0. The highest BCUT2D eigenvalue weighted by Gasteiger charge is 2.23. The molecule has 0 spiro atoms. The van der Waals surface area contributed by atoms with E-state index in [0.717, 1.165) is 24.7 Å². The minimum Gasteiger partial charge on any atom is -0.295 e. The number of likely N-dealkylation sites (tertiary alicyclic amines) is 1. The average molecular weight is 304 g/mol. The van der Waals surface area contributed by atoms with Crippen LogP contribution in [0.3, 0.4) is 0 Å². The number of hydrogen-bond acceptors (Lipinski definition) is 1. The Hall–Kier alpha value is -0.480. The van der Waals surface area contributed by atoms with Gasteiger partial charge in [0.1, 0.15) is 11.6 Å². The number of rotatable bonds is 3. The van der Waals surface area contributed by atoms with E-state index in [1.165, 1.54) is 24.6 Å². The summed E-state index contributed by atoms with van der Waals surface area (Å²) in [6.07, 6.45) is 3.41. The van der Waals surface area contributed by atoms with Gasteiger partial charge < -0.3 is 0 Å². The normalized spacial score (nSPS) is 21.7. The first-order chi connectivity index (χ1) is 8.22. The van der Waals surface area contributed by atoms with E-state index >= 15 is 0 Å². The molecular formula is C13H16BrF2N. The van der Waals surface area contributed by atoms with Crippen LogP contribution in [0.4, 0.5) is 8.78 Å². The predicted molar refractivity (Wildman–Crippen MR) is 68.2 cm³/mol. The van der Waals surface area contributed by atoms with E-state index in [2.05, 4.69) is 20.8 Å². The van der Waals surface area contributed by atoms with Crippen LogP contribution < -0.4 is 0 Å². The van der Waals surface area contributed by atoms with Crippen LogP contribution in [0.25, 0.3) is 0 Å². The molecule has 1 atom stereocenters. The zero-order valence-corrected chi connectivity index (χ0v) is 11.2. The van der Waals surface area contributed by atoms with Gasteiger partial charge in [-0.15, -0.1) is 0 Å². The van der Waals surface area contributed by atoms with Crippen LogP contribution in [0, 0.1) is 11.6 Å². The fraction of sp³-hybridized carbons (Fsp3) is 0.538. The lowest BCUT2D eigenvalue weighted by atomic mass is 10.0. The molecule has 4 heteroatoms. The van der Waals surface area contributed by atoms with Gasteiger partial charge in [-0.1, -0.05) is 28.4 Å². The molecule has 1 unspecified atom stereocenters. The van der Waals surface area contributed by atoms with Crippen LogP contribution in [0.15, 0.2) is 18.2 Å². The van der Waals surface area contributed by atoms with Gasteiger partial charge in [0.25, 0.3) is 0 Å². The van der Waals surface area contributed by atoms with E-state index in [1.807, 2.05) is 0 Å². The van der Waals surface area contributed by atoms with Crippen LogP contribution in [-0.2, 0) is 6.54 Å². The second-order valence-corrected chi connectivity index (χ2v) is 5.12. The van der Waals surface area contributed by atoms with Crippen LogP contribution in [0.2, 0.25) is 0 Å². The third kappa shape index (κ3) is 3.05. The first kappa shape index (κ1) is 13.0. The molecule has 1 aromatic rings. The van der Waals surface area contributed by atoms with Gasteiger partial charge in [-0.3, -0.25) is 4.90 Å². The summed E-state index contributed by atoms with van der Waals surface area (Å²) in [5, 5.41) is 0.864. The van der Waals surface area contributed by atoms with Gasteiger partial charge in [-0.25, -0.2) is 8.78 Å². The number of benzene rings is 1. The maximum absolute atomic E-state index is 13.6. The van der Waals surface area contributed by atoms with Gasteiger partial charge in [-0.2, -0.15) is 0 Å². The SMILES string of the molecule is Fc1cccc(F)c1CN1CCCCC1CBr. The average Bonchev–Trinajstić information content (AvgIpc) is 2.34. The van der Waals surface area contributed by atoms with Gasteiger partial charge in [0.15, 0.2) is 0 Å². The van der Waals surface area contributed by atoms with Crippen molar-refractivity contribution in [2.45, 2.75) is 31.8 Å². The minimum atomic E-state index is -0.441. The van der Waals surface area contributed by atoms with Crippen molar-refractivity contribution in [1.29, 1.82) is 0 Å². The molecule has 17 heavy (non-hydrogen) atoms. The van der Waals surface area contributed by atoms with Crippen molar-refractivity contribution in [1.82, 2.24) is 4.90 Å². The van der Waals surface area contributed by atoms with Crippen LogP contribution >= 0.6 is 15.9 Å². The van der Waals surface area contributed by atoms with Crippen LogP contribution in [0.5, 0.6) is 0 Å². The van der Waals surface area contributed by atoms with Crippen molar-refractivity contribution in [3.05, 3.63) is 35.4 Å². The summed E-state index contributed by atoms with van der Waals surface area (Å²) in [4.78, 5) is 2.17. The molecule has 0 N–H and O–H groups in total. The van der Waals surface area contributed by atoms with Crippen molar-refractivity contribution in [2.24, 2.45) is 0 Å². The summed E-state index contributed by atoms with van der Waals surface area (Å²) in [7, 11) is 0. The Morgan fingerprint density at radius 3 is 2.59 bits per heavy atom. The molecule has 1 saturated heterocycles. The zero-order chi connectivity index (χ0) is 12.3. The van der Waals surface area contributed by atoms with Crippen molar-refractivity contribution >= 4 is 15.9 Å². The molecular weight excluding hydrogens is 288 g/mol. The minimum absolute atomic E-state index is 0.195. The lowest BCUT2D eigenvalue weighted by Crippen LogP contribution is -2.40. The fourth-order valence-corrected chi connectivity index (χ4v) is 3.06. The highest BCUT2D eigenvalue weighted by molar-refractivity contribution is 9.09. The van der Waals surface area contributed by atoms with Crippen molar-refractivity contribution in [3.8, 4) is 0 Å². The standard InChI is InChI=1S/C13H16BrF2N/c14-8-10-4-1-2-7-17(10)9-11-12(15)5-3-6-13(11)16/h3,5-6,10H,1-2,4,7-9H2.